The third-order valence-corrected chi connectivity index (χ3v) is 3.19. The maximum atomic E-state index is 12.0. The van der Waals surface area contributed by atoms with Crippen LogP contribution in [-0.2, 0) is 0 Å². The lowest BCUT2D eigenvalue weighted by Gasteiger charge is -2.03. The summed E-state index contributed by atoms with van der Waals surface area (Å²) in [6.45, 7) is 2.87. The number of H-pyrrole nitrogens is 1. The van der Waals surface area contributed by atoms with Crippen molar-refractivity contribution in [2.45, 2.75) is 26.2 Å². The Morgan fingerprint density at radius 1 is 1.39 bits per heavy atom. The molecule has 0 bridgehead atoms. The third kappa shape index (κ3) is 2.85. The van der Waals surface area contributed by atoms with Gasteiger partial charge in [0.15, 0.2) is 0 Å². The van der Waals surface area contributed by atoms with Crippen LogP contribution in [0.2, 0.25) is 5.02 Å². The first-order chi connectivity index (χ1) is 8.72. The van der Waals surface area contributed by atoms with Gasteiger partial charge in [-0.25, -0.2) is 0 Å². The lowest BCUT2D eigenvalue weighted by atomic mass is 10.1. The molecule has 0 aliphatic rings. The first-order valence-corrected chi connectivity index (χ1v) is 6.65. The second-order valence-electron chi connectivity index (χ2n) is 4.36. The smallest absolute Gasteiger partial charge is 0.253 e. The average Bonchev–Trinajstić information content (AvgIpc) is 2.77. The monoisotopic (exact) mass is 264 g/mol. The number of hydrogen-bond acceptors (Lipinski definition) is 1. The predicted octanol–water partition coefficient (Wildman–Crippen LogP) is 3.74. The van der Waals surface area contributed by atoms with Crippen molar-refractivity contribution in [3.63, 3.8) is 0 Å². The van der Waals surface area contributed by atoms with E-state index in [1.54, 1.807) is 12.3 Å². The van der Waals surface area contributed by atoms with E-state index in [9.17, 15) is 4.79 Å². The van der Waals surface area contributed by atoms with Crippen LogP contribution in [0.4, 0.5) is 0 Å². The molecular formula is C14H17ClN2O. The Bertz CT molecular complexity index is 548. The van der Waals surface area contributed by atoms with Crippen LogP contribution in [0.15, 0.2) is 24.4 Å². The van der Waals surface area contributed by atoms with Crippen LogP contribution >= 0.6 is 11.6 Å². The Morgan fingerprint density at radius 3 is 3.00 bits per heavy atom. The minimum atomic E-state index is -0.0281. The number of benzene rings is 1. The number of nitrogens with one attached hydrogen (secondary N) is 2. The van der Waals surface area contributed by atoms with Crippen molar-refractivity contribution in [1.82, 2.24) is 10.3 Å². The van der Waals surface area contributed by atoms with Gasteiger partial charge in [-0.3, -0.25) is 4.79 Å². The molecule has 0 fully saturated rings. The molecule has 0 aliphatic heterocycles. The van der Waals surface area contributed by atoms with Gasteiger partial charge in [-0.2, -0.15) is 0 Å². The molecule has 1 heterocycles. The third-order valence-electron chi connectivity index (χ3n) is 2.95. The first kappa shape index (κ1) is 13.0. The number of halogens is 1. The van der Waals surface area contributed by atoms with Gasteiger partial charge in [0.2, 0.25) is 0 Å². The zero-order chi connectivity index (χ0) is 13.0. The molecule has 1 amide bonds. The zero-order valence-electron chi connectivity index (χ0n) is 10.4. The summed E-state index contributed by atoms with van der Waals surface area (Å²) in [4.78, 5) is 15.1. The molecule has 1 aromatic heterocycles. The highest BCUT2D eigenvalue weighted by Gasteiger charge is 2.11. The van der Waals surface area contributed by atoms with Gasteiger partial charge in [0.25, 0.3) is 5.91 Å². The van der Waals surface area contributed by atoms with Gasteiger partial charge in [-0.1, -0.05) is 37.4 Å². The van der Waals surface area contributed by atoms with Crippen LogP contribution in [0, 0.1) is 0 Å². The fourth-order valence-corrected chi connectivity index (χ4v) is 2.13. The molecule has 0 radical (unpaired) electrons. The van der Waals surface area contributed by atoms with Crippen LogP contribution < -0.4 is 5.32 Å². The van der Waals surface area contributed by atoms with Crippen molar-refractivity contribution < 1.29 is 4.79 Å². The molecule has 0 spiro atoms. The molecule has 0 aliphatic carbocycles. The highest BCUT2D eigenvalue weighted by molar-refractivity contribution is 6.31. The Hall–Kier alpha value is -1.48. The largest absolute Gasteiger partial charge is 0.360 e. The maximum absolute atomic E-state index is 12.0. The molecule has 3 nitrogen and oxygen atoms in total. The van der Waals surface area contributed by atoms with Gasteiger partial charge in [-0.05, 0) is 18.6 Å². The van der Waals surface area contributed by atoms with E-state index >= 15 is 0 Å². The van der Waals surface area contributed by atoms with E-state index in [1.165, 1.54) is 0 Å². The summed E-state index contributed by atoms with van der Waals surface area (Å²) in [5, 5.41) is 4.51. The second-order valence-corrected chi connectivity index (χ2v) is 4.79. The Morgan fingerprint density at radius 2 is 2.22 bits per heavy atom. The van der Waals surface area contributed by atoms with E-state index in [0.29, 0.717) is 10.6 Å². The summed E-state index contributed by atoms with van der Waals surface area (Å²) in [5.41, 5.74) is 1.57. The van der Waals surface area contributed by atoms with Crippen LogP contribution in [0.5, 0.6) is 0 Å². The molecule has 4 heteroatoms. The summed E-state index contributed by atoms with van der Waals surface area (Å²) in [7, 11) is 0. The van der Waals surface area contributed by atoms with E-state index in [1.807, 2.05) is 12.1 Å². The summed E-state index contributed by atoms with van der Waals surface area (Å²) in [5.74, 6) is -0.0281. The fraction of sp³-hybridized carbons (Fsp3) is 0.357. The van der Waals surface area contributed by atoms with E-state index in [-0.39, 0.29) is 5.91 Å². The molecule has 0 atom stereocenters. The molecule has 18 heavy (non-hydrogen) atoms. The molecule has 2 N–H and O–H groups in total. The van der Waals surface area contributed by atoms with Gasteiger partial charge in [-0.15, -0.1) is 0 Å². The number of hydrogen-bond donors (Lipinski definition) is 2. The van der Waals surface area contributed by atoms with E-state index in [2.05, 4.69) is 17.2 Å². The van der Waals surface area contributed by atoms with Crippen LogP contribution in [0.1, 0.15) is 36.5 Å². The van der Waals surface area contributed by atoms with Gasteiger partial charge >= 0.3 is 0 Å². The van der Waals surface area contributed by atoms with Gasteiger partial charge in [0.05, 0.1) is 5.56 Å². The molecule has 0 unspecified atom stereocenters. The number of rotatable bonds is 5. The first-order valence-electron chi connectivity index (χ1n) is 6.27. The molecule has 2 aromatic rings. The molecular weight excluding hydrogens is 248 g/mol. The molecule has 0 saturated heterocycles. The van der Waals surface area contributed by atoms with Crippen molar-refractivity contribution in [1.29, 1.82) is 0 Å². The lowest BCUT2D eigenvalue weighted by Crippen LogP contribution is -2.24. The highest BCUT2D eigenvalue weighted by atomic mass is 35.5. The van der Waals surface area contributed by atoms with Crippen molar-refractivity contribution in [2.24, 2.45) is 0 Å². The Kier molecular flexibility index (Phi) is 4.26. The summed E-state index contributed by atoms with van der Waals surface area (Å²) < 4.78 is 0. The summed E-state index contributed by atoms with van der Waals surface area (Å²) in [6.07, 6.45) is 5.05. The summed E-state index contributed by atoms with van der Waals surface area (Å²) in [6, 6.07) is 5.49. The Labute approximate surface area is 112 Å². The number of fused-ring (bicyclic) bond motifs is 1. The zero-order valence-corrected chi connectivity index (χ0v) is 11.2. The quantitative estimate of drug-likeness (QED) is 0.794. The number of unbranched alkanes of at least 4 members (excludes halogenated alkanes) is 2. The minimum absolute atomic E-state index is 0.0281. The second kappa shape index (κ2) is 5.91. The number of aromatic amines is 1. The van der Waals surface area contributed by atoms with Crippen LogP contribution in [0.25, 0.3) is 10.9 Å². The number of carbonyl (C=O) groups excluding carboxylic acids is 1. The number of amides is 1. The topological polar surface area (TPSA) is 44.9 Å². The van der Waals surface area contributed by atoms with Gasteiger partial charge in [0.1, 0.15) is 0 Å². The van der Waals surface area contributed by atoms with E-state index in [0.717, 1.165) is 36.7 Å². The predicted molar refractivity (Wildman–Crippen MR) is 75.2 cm³/mol. The van der Waals surface area contributed by atoms with Crippen molar-refractivity contribution in [3.8, 4) is 0 Å². The van der Waals surface area contributed by atoms with Crippen molar-refractivity contribution in [3.05, 3.63) is 35.0 Å². The summed E-state index contributed by atoms with van der Waals surface area (Å²) >= 11 is 5.91. The average molecular weight is 265 g/mol. The van der Waals surface area contributed by atoms with E-state index < -0.39 is 0 Å². The van der Waals surface area contributed by atoms with Gasteiger partial charge < -0.3 is 10.3 Å². The van der Waals surface area contributed by atoms with Gasteiger partial charge in [0, 0.05) is 28.7 Å². The highest BCUT2D eigenvalue weighted by Crippen LogP contribution is 2.21. The molecule has 0 saturated carbocycles. The fourth-order valence-electron chi connectivity index (χ4n) is 1.96. The maximum Gasteiger partial charge on any atom is 0.253 e. The SMILES string of the molecule is CCCCCNC(=O)c1c[nH]c2cc(Cl)ccc12. The van der Waals surface area contributed by atoms with Crippen molar-refractivity contribution in [2.75, 3.05) is 6.54 Å². The molecule has 2 rings (SSSR count). The Balaban J connectivity index is 2.08. The molecule has 96 valence electrons. The van der Waals surface area contributed by atoms with Crippen LogP contribution in [-0.4, -0.2) is 17.4 Å². The van der Waals surface area contributed by atoms with Crippen molar-refractivity contribution >= 4 is 28.4 Å². The lowest BCUT2D eigenvalue weighted by molar-refractivity contribution is 0.0954. The van der Waals surface area contributed by atoms with E-state index in [4.69, 9.17) is 11.6 Å². The van der Waals surface area contributed by atoms with Crippen LogP contribution in [0.3, 0.4) is 0 Å². The molecule has 1 aromatic carbocycles. The number of carbonyl (C=O) groups is 1. The minimum Gasteiger partial charge on any atom is -0.360 e. The normalized spacial score (nSPS) is 10.8. The standard InChI is InChI=1S/C14H17ClN2O/c1-2-3-4-7-16-14(18)12-9-17-13-8-10(15)5-6-11(12)13/h5-6,8-9,17H,2-4,7H2,1H3,(H,16,18). The number of aromatic nitrogens is 1.